The Labute approximate surface area is 170 Å². The fourth-order valence-electron chi connectivity index (χ4n) is 3.42. The molecule has 3 nitrogen and oxygen atoms in total. The first-order valence-electron chi connectivity index (χ1n) is 12.1. The molecule has 27 heavy (non-hydrogen) atoms. The third-order valence-electron chi connectivity index (χ3n) is 5.24. The lowest BCUT2D eigenvalue weighted by atomic mass is 10.0. The van der Waals surface area contributed by atoms with Crippen molar-refractivity contribution >= 4 is 6.16 Å². The van der Waals surface area contributed by atoms with E-state index in [2.05, 4.69) is 20.8 Å². The van der Waals surface area contributed by atoms with E-state index in [1.807, 2.05) is 0 Å². The molecule has 162 valence electrons. The van der Waals surface area contributed by atoms with Crippen LogP contribution in [-0.4, -0.2) is 18.9 Å². The van der Waals surface area contributed by atoms with Crippen LogP contribution in [-0.2, 0) is 9.47 Å². The SMILES string of the molecule is CCCCCCCCC(CCCCCCC)OC(=O)OCCCCCCC. The molecule has 0 saturated carbocycles. The molecule has 0 aromatic heterocycles. The number of carbonyl (C=O) groups excluding carboxylic acids is 1. The largest absolute Gasteiger partial charge is 0.508 e. The van der Waals surface area contributed by atoms with E-state index in [1.54, 1.807) is 0 Å². The van der Waals surface area contributed by atoms with Crippen LogP contribution in [0.25, 0.3) is 0 Å². The Morgan fingerprint density at radius 1 is 0.593 bits per heavy atom. The molecule has 1 unspecified atom stereocenters. The van der Waals surface area contributed by atoms with Gasteiger partial charge in [-0.1, -0.05) is 104 Å². The lowest BCUT2D eigenvalue weighted by Gasteiger charge is -2.18. The van der Waals surface area contributed by atoms with Crippen molar-refractivity contribution in [2.75, 3.05) is 6.61 Å². The van der Waals surface area contributed by atoms with Gasteiger partial charge in [0.15, 0.2) is 0 Å². The fraction of sp³-hybridized carbons (Fsp3) is 0.958. The molecular weight excluding hydrogens is 336 g/mol. The van der Waals surface area contributed by atoms with Crippen LogP contribution in [0.2, 0.25) is 0 Å². The van der Waals surface area contributed by atoms with Crippen molar-refractivity contribution < 1.29 is 14.3 Å². The predicted molar refractivity (Wildman–Crippen MR) is 116 cm³/mol. The molecule has 0 heterocycles. The summed E-state index contributed by atoms with van der Waals surface area (Å²) in [6, 6.07) is 0. The van der Waals surface area contributed by atoms with Gasteiger partial charge in [0.1, 0.15) is 6.10 Å². The van der Waals surface area contributed by atoms with E-state index in [1.165, 1.54) is 77.0 Å². The van der Waals surface area contributed by atoms with Gasteiger partial charge in [-0.2, -0.15) is 0 Å². The Kier molecular flexibility index (Phi) is 21.0. The standard InChI is InChI=1S/C24H48O3/c1-4-7-10-13-15-18-21-23(20-17-14-11-8-5-2)27-24(25)26-22-19-16-12-9-6-3/h23H,4-22H2,1-3H3. The van der Waals surface area contributed by atoms with E-state index in [0.717, 1.165) is 38.5 Å². The molecule has 0 N–H and O–H groups in total. The van der Waals surface area contributed by atoms with Gasteiger partial charge in [0.25, 0.3) is 0 Å². The lowest BCUT2D eigenvalue weighted by Crippen LogP contribution is -2.19. The highest BCUT2D eigenvalue weighted by atomic mass is 16.7. The molecule has 3 heteroatoms. The third-order valence-corrected chi connectivity index (χ3v) is 5.24. The van der Waals surface area contributed by atoms with Crippen LogP contribution in [0.5, 0.6) is 0 Å². The molecule has 0 fully saturated rings. The number of carbonyl (C=O) groups is 1. The molecule has 0 saturated heterocycles. The highest BCUT2D eigenvalue weighted by Crippen LogP contribution is 2.17. The van der Waals surface area contributed by atoms with E-state index in [-0.39, 0.29) is 6.10 Å². The van der Waals surface area contributed by atoms with E-state index < -0.39 is 6.16 Å². The maximum atomic E-state index is 12.0. The van der Waals surface area contributed by atoms with Crippen molar-refractivity contribution in [2.45, 2.75) is 142 Å². The van der Waals surface area contributed by atoms with Gasteiger partial charge in [0.05, 0.1) is 6.61 Å². The second-order valence-corrected chi connectivity index (χ2v) is 8.01. The molecule has 0 aromatic carbocycles. The molecule has 0 spiro atoms. The van der Waals surface area contributed by atoms with E-state index in [9.17, 15) is 4.79 Å². The van der Waals surface area contributed by atoms with Crippen LogP contribution in [0, 0.1) is 0 Å². The molecule has 1 atom stereocenters. The number of ether oxygens (including phenoxy) is 2. The summed E-state index contributed by atoms with van der Waals surface area (Å²) in [4.78, 5) is 12.0. The molecule has 0 aromatic rings. The zero-order chi connectivity index (χ0) is 20.0. The lowest BCUT2D eigenvalue weighted by molar-refractivity contribution is 0.0154. The normalized spacial score (nSPS) is 12.1. The average molecular weight is 385 g/mol. The number of unbranched alkanes of at least 4 members (excludes halogenated alkanes) is 13. The molecular formula is C24H48O3. The molecule has 0 aliphatic rings. The zero-order valence-electron chi connectivity index (χ0n) is 18.7. The summed E-state index contributed by atoms with van der Waals surface area (Å²) in [5.41, 5.74) is 0. The van der Waals surface area contributed by atoms with Gasteiger partial charge >= 0.3 is 6.16 Å². The summed E-state index contributed by atoms with van der Waals surface area (Å²) in [6.07, 6.45) is 21.3. The first kappa shape index (κ1) is 26.3. The van der Waals surface area contributed by atoms with Gasteiger partial charge in [0.2, 0.25) is 0 Å². The molecule has 0 aliphatic carbocycles. The smallest absolute Gasteiger partial charge is 0.434 e. The van der Waals surface area contributed by atoms with Crippen molar-refractivity contribution in [3.8, 4) is 0 Å². The second-order valence-electron chi connectivity index (χ2n) is 8.01. The van der Waals surface area contributed by atoms with E-state index >= 15 is 0 Å². The topological polar surface area (TPSA) is 35.5 Å². The summed E-state index contributed by atoms with van der Waals surface area (Å²) >= 11 is 0. The van der Waals surface area contributed by atoms with E-state index in [0.29, 0.717) is 6.61 Å². The quantitative estimate of drug-likeness (QED) is 0.156. The molecule has 0 bridgehead atoms. The first-order valence-corrected chi connectivity index (χ1v) is 12.1. The Hall–Kier alpha value is -0.730. The van der Waals surface area contributed by atoms with E-state index in [4.69, 9.17) is 9.47 Å². The summed E-state index contributed by atoms with van der Waals surface area (Å²) in [5.74, 6) is 0. The van der Waals surface area contributed by atoms with Gasteiger partial charge < -0.3 is 9.47 Å². The summed E-state index contributed by atoms with van der Waals surface area (Å²) in [5, 5.41) is 0. The van der Waals surface area contributed by atoms with Crippen molar-refractivity contribution in [1.82, 2.24) is 0 Å². The Balaban J connectivity index is 3.97. The minimum atomic E-state index is -0.449. The third kappa shape index (κ3) is 19.8. The Morgan fingerprint density at radius 2 is 1.00 bits per heavy atom. The molecule has 0 radical (unpaired) electrons. The molecule has 0 aliphatic heterocycles. The predicted octanol–water partition coefficient (Wildman–Crippen LogP) is 8.59. The molecule has 0 amide bonds. The number of rotatable bonds is 20. The first-order chi connectivity index (χ1) is 13.2. The van der Waals surface area contributed by atoms with Crippen molar-refractivity contribution in [3.63, 3.8) is 0 Å². The minimum Gasteiger partial charge on any atom is -0.434 e. The highest BCUT2D eigenvalue weighted by molar-refractivity contribution is 5.60. The van der Waals surface area contributed by atoms with Crippen molar-refractivity contribution in [1.29, 1.82) is 0 Å². The summed E-state index contributed by atoms with van der Waals surface area (Å²) in [7, 11) is 0. The number of hydrogen-bond donors (Lipinski definition) is 0. The minimum absolute atomic E-state index is 0.0467. The second kappa shape index (κ2) is 21.6. The summed E-state index contributed by atoms with van der Waals surface area (Å²) < 4.78 is 10.9. The summed E-state index contributed by atoms with van der Waals surface area (Å²) in [6.45, 7) is 7.20. The van der Waals surface area contributed by atoms with Gasteiger partial charge in [-0.05, 0) is 32.1 Å². The van der Waals surface area contributed by atoms with Crippen LogP contribution < -0.4 is 0 Å². The number of hydrogen-bond acceptors (Lipinski definition) is 3. The van der Waals surface area contributed by atoms with Crippen LogP contribution in [0.3, 0.4) is 0 Å². The Bertz CT molecular complexity index is 304. The van der Waals surface area contributed by atoms with Crippen LogP contribution in [0.1, 0.15) is 136 Å². The van der Waals surface area contributed by atoms with Gasteiger partial charge in [0, 0.05) is 0 Å². The highest BCUT2D eigenvalue weighted by Gasteiger charge is 2.15. The molecule has 0 rings (SSSR count). The van der Waals surface area contributed by atoms with Gasteiger partial charge in [-0.3, -0.25) is 0 Å². The van der Waals surface area contributed by atoms with Gasteiger partial charge in [-0.25, -0.2) is 4.79 Å². The maximum Gasteiger partial charge on any atom is 0.508 e. The van der Waals surface area contributed by atoms with Crippen LogP contribution in [0.15, 0.2) is 0 Å². The Morgan fingerprint density at radius 3 is 1.48 bits per heavy atom. The van der Waals surface area contributed by atoms with Crippen LogP contribution >= 0.6 is 0 Å². The fourth-order valence-corrected chi connectivity index (χ4v) is 3.42. The van der Waals surface area contributed by atoms with Crippen molar-refractivity contribution in [2.24, 2.45) is 0 Å². The van der Waals surface area contributed by atoms with Gasteiger partial charge in [-0.15, -0.1) is 0 Å². The van der Waals surface area contributed by atoms with Crippen LogP contribution in [0.4, 0.5) is 4.79 Å². The zero-order valence-corrected chi connectivity index (χ0v) is 18.7. The average Bonchev–Trinajstić information content (AvgIpc) is 2.66. The maximum absolute atomic E-state index is 12.0. The van der Waals surface area contributed by atoms with Crippen molar-refractivity contribution in [3.05, 3.63) is 0 Å². The monoisotopic (exact) mass is 384 g/mol.